The minimum Gasteiger partial charge on any atom is -0.489 e. The Hall–Kier alpha value is -0.730. The van der Waals surface area contributed by atoms with Crippen molar-refractivity contribution in [2.75, 3.05) is 6.54 Å². The summed E-state index contributed by atoms with van der Waals surface area (Å²) in [4.78, 5) is 0. The van der Waals surface area contributed by atoms with Crippen LogP contribution < -0.4 is 10.1 Å². The molecule has 2 rings (SSSR count). The van der Waals surface area contributed by atoms with Crippen LogP contribution in [0.5, 0.6) is 5.75 Å². The summed E-state index contributed by atoms with van der Waals surface area (Å²) in [6.07, 6.45) is 3.91. The summed E-state index contributed by atoms with van der Waals surface area (Å²) in [6, 6.07) is 8.11. The number of halogens is 1. The molecule has 2 unspecified atom stereocenters. The molecule has 16 heavy (non-hydrogen) atoms. The number of ether oxygens (including phenoxy) is 1. The van der Waals surface area contributed by atoms with Crippen LogP contribution in [0.1, 0.15) is 26.2 Å². The van der Waals surface area contributed by atoms with Gasteiger partial charge in [-0.2, -0.15) is 0 Å². The van der Waals surface area contributed by atoms with Crippen LogP contribution in [0, 0.1) is 0 Å². The minimum atomic E-state index is 0.307. The monoisotopic (exact) mass is 239 g/mol. The van der Waals surface area contributed by atoms with E-state index in [1.807, 2.05) is 24.3 Å². The first kappa shape index (κ1) is 11.7. The fourth-order valence-electron chi connectivity index (χ4n) is 2.25. The van der Waals surface area contributed by atoms with E-state index in [1.165, 1.54) is 12.8 Å². The highest BCUT2D eigenvalue weighted by Crippen LogP contribution is 2.25. The van der Waals surface area contributed by atoms with E-state index < -0.39 is 0 Å². The Labute approximate surface area is 102 Å². The van der Waals surface area contributed by atoms with Crippen molar-refractivity contribution in [1.29, 1.82) is 0 Å². The normalized spacial score (nSPS) is 24.6. The van der Waals surface area contributed by atoms with Crippen molar-refractivity contribution in [3.05, 3.63) is 29.3 Å². The zero-order valence-corrected chi connectivity index (χ0v) is 10.3. The van der Waals surface area contributed by atoms with Gasteiger partial charge in [0.05, 0.1) is 0 Å². The smallest absolute Gasteiger partial charge is 0.119 e. The molecule has 1 saturated carbocycles. The number of likely N-dealkylation sites (N-methyl/N-ethyl adjacent to an activating group) is 1. The summed E-state index contributed by atoms with van der Waals surface area (Å²) in [5.74, 6) is 0.916. The largest absolute Gasteiger partial charge is 0.489 e. The van der Waals surface area contributed by atoms with Crippen LogP contribution in [-0.4, -0.2) is 18.7 Å². The molecule has 1 aliphatic rings. The Morgan fingerprint density at radius 1 is 1.31 bits per heavy atom. The molecule has 3 heteroatoms. The van der Waals surface area contributed by atoms with E-state index >= 15 is 0 Å². The van der Waals surface area contributed by atoms with Gasteiger partial charge in [0.15, 0.2) is 0 Å². The van der Waals surface area contributed by atoms with Crippen molar-refractivity contribution < 1.29 is 4.74 Å². The van der Waals surface area contributed by atoms with Crippen molar-refractivity contribution >= 4 is 11.6 Å². The molecule has 1 N–H and O–H groups in total. The van der Waals surface area contributed by atoms with Gasteiger partial charge in [0, 0.05) is 11.1 Å². The molecule has 1 fully saturated rings. The van der Waals surface area contributed by atoms with E-state index in [0.717, 1.165) is 23.7 Å². The molecule has 0 radical (unpaired) electrons. The van der Waals surface area contributed by atoms with Crippen molar-refractivity contribution in [3.8, 4) is 5.75 Å². The molecule has 0 aliphatic heterocycles. The lowest BCUT2D eigenvalue weighted by Crippen LogP contribution is -2.38. The lowest BCUT2D eigenvalue weighted by Gasteiger charge is -2.21. The number of rotatable bonds is 4. The van der Waals surface area contributed by atoms with Crippen LogP contribution in [0.25, 0.3) is 0 Å². The molecule has 1 aromatic carbocycles. The predicted molar refractivity (Wildman–Crippen MR) is 67.2 cm³/mol. The topological polar surface area (TPSA) is 21.3 Å². The van der Waals surface area contributed by atoms with Crippen LogP contribution in [0.2, 0.25) is 5.02 Å². The van der Waals surface area contributed by atoms with Crippen molar-refractivity contribution in [1.82, 2.24) is 5.32 Å². The zero-order valence-electron chi connectivity index (χ0n) is 9.58. The average Bonchev–Trinajstić information content (AvgIpc) is 2.70. The first-order valence-electron chi connectivity index (χ1n) is 5.95. The Morgan fingerprint density at radius 3 is 2.75 bits per heavy atom. The molecule has 2 nitrogen and oxygen atoms in total. The fourth-order valence-corrected chi connectivity index (χ4v) is 2.38. The average molecular weight is 240 g/mol. The van der Waals surface area contributed by atoms with Crippen molar-refractivity contribution in [3.63, 3.8) is 0 Å². The molecule has 1 aromatic rings. The minimum absolute atomic E-state index is 0.307. The standard InChI is InChI=1S/C13H18ClNO/c1-2-15-12-4-3-5-13(12)16-11-8-6-10(14)7-9-11/h6-9,12-13,15H,2-5H2,1H3. The van der Waals surface area contributed by atoms with Crippen molar-refractivity contribution in [2.24, 2.45) is 0 Å². The Balaban J connectivity index is 1.95. The van der Waals surface area contributed by atoms with Gasteiger partial charge in [0.2, 0.25) is 0 Å². The molecule has 0 bridgehead atoms. The molecule has 0 spiro atoms. The molecule has 1 aliphatic carbocycles. The van der Waals surface area contributed by atoms with E-state index in [0.29, 0.717) is 12.1 Å². The second-order valence-electron chi connectivity index (χ2n) is 4.21. The van der Waals surface area contributed by atoms with Gasteiger partial charge in [-0.15, -0.1) is 0 Å². The van der Waals surface area contributed by atoms with Crippen molar-refractivity contribution in [2.45, 2.75) is 38.3 Å². The van der Waals surface area contributed by atoms with Gasteiger partial charge in [-0.3, -0.25) is 0 Å². The van der Waals surface area contributed by atoms with Gasteiger partial charge >= 0.3 is 0 Å². The van der Waals surface area contributed by atoms with E-state index in [1.54, 1.807) is 0 Å². The molecular weight excluding hydrogens is 222 g/mol. The quantitative estimate of drug-likeness (QED) is 0.871. The van der Waals surface area contributed by atoms with Gasteiger partial charge in [0.25, 0.3) is 0 Å². The highest BCUT2D eigenvalue weighted by molar-refractivity contribution is 6.30. The van der Waals surface area contributed by atoms with Crippen LogP contribution in [0.3, 0.4) is 0 Å². The maximum Gasteiger partial charge on any atom is 0.119 e. The summed E-state index contributed by atoms with van der Waals surface area (Å²) in [6.45, 7) is 3.14. The van der Waals surface area contributed by atoms with Gasteiger partial charge in [-0.1, -0.05) is 18.5 Å². The summed E-state index contributed by atoms with van der Waals surface area (Å²) in [7, 11) is 0. The molecule has 0 aromatic heterocycles. The predicted octanol–water partition coefficient (Wildman–Crippen LogP) is 3.25. The molecule has 88 valence electrons. The first-order chi connectivity index (χ1) is 7.79. The third-order valence-electron chi connectivity index (χ3n) is 3.02. The fraction of sp³-hybridized carbons (Fsp3) is 0.538. The zero-order chi connectivity index (χ0) is 11.4. The van der Waals surface area contributed by atoms with E-state index in [2.05, 4.69) is 12.2 Å². The highest BCUT2D eigenvalue weighted by atomic mass is 35.5. The van der Waals surface area contributed by atoms with Crippen LogP contribution in [-0.2, 0) is 0 Å². The Morgan fingerprint density at radius 2 is 2.06 bits per heavy atom. The van der Waals surface area contributed by atoms with Gasteiger partial charge < -0.3 is 10.1 Å². The van der Waals surface area contributed by atoms with Gasteiger partial charge in [-0.25, -0.2) is 0 Å². The lowest BCUT2D eigenvalue weighted by molar-refractivity contribution is 0.176. The number of hydrogen-bond donors (Lipinski definition) is 1. The molecule has 0 heterocycles. The van der Waals surface area contributed by atoms with E-state index in [-0.39, 0.29) is 0 Å². The van der Waals surface area contributed by atoms with Gasteiger partial charge in [0.1, 0.15) is 11.9 Å². The molecule has 2 atom stereocenters. The second kappa shape index (κ2) is 5.55. The summed E-state index contributed by atoms with van der Waals surface area (Å²) in [5, 5.41) is 4.23. The summed E-state index contributed by atoms with van der Waals surface area (Å²) in [5.41, 5.74) is 0. The SMILES string of the molecule is CCNC1CCCC1Oc1ccc(Cl)cc1. The van der Waals surface area contributed by atoms with E-state index in [4.69, 9.17) is 16.3 Å². The summed E-state index contributed by atoms with van der Waals surface area (Å²) >= 11 is 5.84. The second-order valence-corrected chi connectivity index (χ2v) is 4.64. The molecule has 0 saturated heterocycles. The van der Waals surface area contributed by atoms with Gasteiger partial charge in [-0.05, 0) is 50.1 Å². The summed E-state index contributed by atoms with van der Waals surface area (Å²) < 4.78 is 5.97. The third kappa shape index (κ3) is 2.89. The number of nitrogens with one attached hydrogen (secondary N) is 1. The first-order valence-corrected chi connectivity index (χ1v) is 6.33. The Kier molecular flexibility index (Phi) is 4.08. The molecular formula is C13H18ClNO. The number of benzene rings is 1. The van der Waals surface area contributed by atoms with Crippen LogP contribution in [0.15, 0.2) is 24.3 Å². The Bertz CT molecular complexity index is 325. The number of hydrogen-bond acceptors (Lipinski definition) is 2. The van der Waals surface area contributed by atoms with Crippen LogP contribution >= 0.6 is 11.6 Å². The lowest BCUT2D eigenvalue weighted by atomic mass is 10.2. The van der Waals surface area contributed by atoms with Crippen LogP contribution in [0.4, 0.5) is 0 Å². The third-order valence-corrected chi connectivity index (χ3v) is 3.27. The highest BCUT2D eigenvalue weighted by Gasteiger charge is 2.27. The maximum atomic E-state index is 5.97. The molecule has 0 amide bonds. The maximum absolute atomic E-state index is 5.97. The van der Waals surface area contributed by atoms with E-state index in [9.17, 15) is 0 Å².